The maximum absolute atomic E-state index is 11.8. The number of pyridine rings is 1. The molecule has 1 rings (SSSR count). The lowest BCUT2D eigenvalue weighted by Gasteiger charge is -2.15. The Morgan fingerprint density at radius 1 is 1.27 bits per heavy atom. The van der Waals surface area contributed by atoms with Crippen LogP contribution in [0, 0.1) is 0 Å². The van der Waals surface area contributed by atoms with Gasteiger partial charge in [0.25, 0.3) is 0 Å². The minimum atomic E-state index is -3.33. The highest BCUT2D eigenvalue weighted by Gasteiger charge is 2.23. The molecule has 0 aliphatic rings. The van der Waals surface area contributed by atoms with Gasteiger partial charge in [0.2, 0.25) is 10.0 Å². The van der Waals surface area contributed by atoms with Crippen LogP contribution in [0.25, 0.3) is 0 Å². The number of hydrogen-bond acceptors (Lipinski definition) is 3. The molecule has 0 saturated carbocycles. The SMILES string of the molecule is CC(C)NS(=O)(=O)C(C)c1ccccn1. The van der Waals surface area contributed by atoms with Crippen LogP contribution < -0.4 is 4.72 Å². The smallest absolute Gasteiger partial charge is 0.220 e. The van der Waals surface area contributed by atoms with Crippen molar-refractivity contribution in [2.75, 3.05) is 0 Å². The van der Waals surface area contributed by atoms with Gasteiger partial charge >= 0.3 is 0 Å². The highest BCUT2D eigenvalue weighted by molar-refractivity contribution is 7.89. The Bertz CT molecular complexity index is 401. The summed E-state index contributed by atoms with van der Waals surface area (Å²) >= 11 is 0. The van der Waals surface area contributed by atoms with Crippen molar-refractivity contribution < 1.29 is 8.42 Å². The lowest BCUT2D eigenvalue weighted by atomic mass is 10.3. The van der Waals surface area contributed by atoms with Crippen molar-refractivity contribution in [2.45, 2.75) is 32.1 Å². The van der Waals surface area contributed by atoms with Gasteiger partial charge in [0, 0.05) is 12.2 Å². The minimum Gasteiger partial charge on any atom is -0.260 e. The van der Waals surface area contributed by atoms with Crippen LogP contribution in [-0.2, 0) is 10.0 Å². The molecule has 5 heteroatoms. The second-order valence-corrected chi connectivity index (χ2v) is 5.75. The van der Waals surface area contributed by atoms with E-state index >= 15 is 0 Å². The van der Waals surface area contributed by atoms with Crippen molar-refractivity contribution in [1.82, 2.24) is 9.71 Å². The van der Waals surface area contributed by atoms with Crippen LogP contribution in [-0.4, -0.2) is 19.4 Å². The summed E-state index contributed by atoms with van der Waals surface area (Å²) in [6.07, 6.45) is 1.59. The summed E-state index contributed by atoms with van der Waals surface area (Å²) in [5, 5.41) is -0.624. The summed E-state index contributed by atoms with van der Waals surface area (Å²) in [5.41, 5.74) is 0.561. The predicted molar refractivity (Wildman–Crippen MR) is 59.8 cm³/mol. The third kappa shape index (κ3) is 3.28. The zero-order valence-corrected chi connectivity index (χ0v) is 9.95. The van der Waals surface area contributed by atoms with E-state index in [-0.39, 0.29) is 6.04 Å². The van der Waals surface area contributed by atoms with Crippen molar-refractivity contribution in [3.8, 4) is 0 Å². The van der Waals surface area contributed by atoms with Gasteiger partial charge < -0.3 is 0 Å². The van der Waals surface area contributed by atoms with Crippen LogP contribution in [0.4, 0.5) is 0 Å². The van der Waals surface area contributed by atoms with E-state index in [1.807, 2.05) is 0 Å². The van der Waals surface area contributed by atoms with E-state index in [2.05, 4.69) is 9.71 Å². The first-order valence-corrected chi connectivity index (χ1v) is 6.40. The third-order valence-electron chi connectivity index (χ3n) is 1.97. The molecule has 0 aromatic carbocycles. The van der Waals surface area contributed by atoms with Crippen molar-refractivity contribution in [2.24, 2.45) is 0 Å². The Balaban J connectivity index is 2.90. The van der Waals surface area contributed by atoms with Crippen molar-refractivity contribution >= 4 is 10.0 Å². The number of nitrogens with one attached hydrogen (secondary N) is 1. The van der Waals surface area contributed by atoms with Gasteiger partial charge in [-0.1, -0.05) is 6.07 Å². The highest BCUT2D eigenvalue weighted by atomic mass is 32.2. The van der Waals surface area contributed by atoms with Gasteiger partial charge in [-0.05, 0) is 32.9 Å². The number of nitrogens with zero attached hydrogens (tertiary/aromatic N) is 1. The number of aromatic nitrogens is 1. The van der Waals surface area contributed by atoms with Gasteiger partial charge in [-0.25, -0.2) is 13.1 Å². The maximum Gasteiger partial charge on any atom is 0.220 e. The van der Waals surface area contributed by atoms with E-state index in [1.54, 1.807) is 45.2 Å². The molecule has 1 aromatic rings. The summed E-state index contributed by atoms with van der Waals surface area (Å²) in [7, 11) is -3.33. The van der Waals surface area contributed by atoms with Gasteiger partial charge in [-0.15, -0.1) is 0 Å². The molecular formula is C10H16N2O2S. The van der Waals surface area contributed by atoms with Gasteiger partial charge in [0.05, 0.1) is 5.69 Å². The summed E-state index contributed by atoms with van der Waals surface area (Å²) in [4.78, 5) is 4.03. The molecule has 0 aliphatic heterocycles. The number of rotatable bonds is 4. The van der Waals surface area contributed by atoms with Gasteiger partial charge in [-0.2, -0.15) is 0 Å². The maximum atomic E-state index is 11.8. The molecule has 0 saturated heterocycles. The van der Waals surface area contributed by atoms with Crippen molar-refractivity contribution in [1.29, 1.82) is 0 Å². The zero-order chi connectivity index (χ0) is 11.5. The van der Waals surface area contributed by atoms with E-state index < -0.39 is 15.3 Å². The second kappa shape index (κ2) is 4.72. The van der Waals surface area contributed by atoms with Crippen LogP contribution in [0.3, 0.4) is 0 Å². The van der Waals surface area contributed by atoms with Crippen LogP contribution in [0.1, 0.15) is 31.7 Å². The summed E-state index contributed by atoms with van der Waals surface area (Å²) in [6.45, 7) is 5.22. The minimum absolute atomic E-state index is 0.0961. The van der Waals surface area contributed by atoms with Gasteiger partial charge in [0.1, 0.15) is 5.25 Å². The topological polar surface area (TPSA) is 59.1 Å². The van der Waals surface area contributed by atoms with Crippen molar-refractivity contribution in [3.63, 3.8) is 0 Å². The van der Waals surface area contributed by atoms with E-state index in [4.69, 9.17) is 0 Å². The Labute approximate surface area is 90.8 Å². The third-order valence-corrected chi connectivity index (χ3v) is 3.94. The normalized spacial score (nSPS) is 14.1. The monoisotopic (exact) mass is 228 g/mol. The zero-order valence-electron chi connectivity index (χ0n) is 9.14. The Morgan fingerprint density at radius 3 is 2.40 bits per heavy atom. The fraction of sp³-hybridized carbons (Fsp3) is 0.500. The Morgan fingerprint density at radius 2 is 1.93 bits per heavy atom. The largest absolute Gasteiger partial charge is 0.260 e. The highest BCUT2D eigenvalue weighted by Crippen LogP contribution is 2.18. The Kier molecular flexibility index (Phi) is 3.82. The molecule has 1 unspecified atom stereocenters. The number of hydrogen-bond donors (Lipinski definition) is 1. The molecule has 0 amide bonds. The Hall–Kier alpha value is -0.940. The molecule has 0 fully saturated rings. The summed E-state index contributed by atoms with van der Waals surface area (Å²) in [6, 6.07) is 5.16. The summed E-state index contributed by atoms with van der Waals surface area (Å²) < 4.78 is 26.1. The van der Waals surface area contributed by atoms with Crippen molar-refractivity contribution in [3.05, 3.63) is 30.1 Å². The van der Waals surface area contributed by atoms with E-state index in [1.165, 1.54) is 0 Å². The van der Waals surface area contributed by atoms with Gasteiger partial charge in [0.15, 0.2) is 0 Å². The molecule has 1 N–H and O–H groups in total. The van der Waals surface area contributed by atoms with Gasteiger partial charge in [-0.3, -0.25) is 4.98 Å². The molecule has 1 aromatic heterocycles. The van der Waals surface area contributed by atoms with E-state index in [9.17, 15) is 8.42 Å². The van der Waals surface area contributed by atoms with Crippen LogP contribution in [0.2, 0.25) is 0 Å². The van der Waals surface area contributed by atoms with Crippen LogP contribution in [0.15, 0.2) is 24.4 Å². The molecule has 0 aliphatic carbocycles. The first kappa shape index (κ1) is 12.1. The molecule has 84 valence electrons. The molecular weight excluding hydrogens is 212 g/mol. The van der Waals surface area contributed by atoms with Crippen LogP contribution in [0.5, 0.6) is 0 Å². The molecule has 1 atom stereocenters. The molecule has 0 radical (unpaired) electrons. The summed E-state index contributed by atoms with van der Waals surface area (Å²) in [5.74, 6) is 0. The first-order chi connectivity index (χ1) is 6.93. The quantitative estimate of drug-likeness (QED) is 0.849. The fourth-order valence-electron chi connectivity index (χ4n) is 1.21. The molecule has 0 spiro atoms. The van der Waals surface area contributed by atoms with E-state index in [0.29, 0.717) is 5.69 Å². The predicted octanol–water partition coefficient (Wildman–Crippen LogP) is 1.47. The second-order valence-electron chi connectivity index (χ2n) is 3.71. The standard InChI is InChI=1S/C10H16N2O2S/c1-8(2)12-15(13,14)9(3)10-6-4-5-7-11-10/h4-9,12H,1-3H3. The molecule has 4 nitrogen and oxygen atoms in total. The average molecular weight is 228 g/mol. The van der Waals surface area contributed by atoms with E-state index in [0.717, 1.165) is 0 Å². The number of sulfonamides is 1. The lowest BCUT2D eigenvalue weighted by molar-refractivity contribution is 0.558. The lowest BCUT2D eigenvalue weighted by Crippen LogP contribution is -2.33. The molecule has 1 heterocycles. The first-order valence-electron chi connectivity index (χ1n) is 4.85. The fourth-order valence-corrected chi connectivity index (χ4v) is 2.52. The molecule has 15 heavy (non-hydrogen) atoms. The average Bonchev–Trinajstić information content (AvgIpc) is 2.16. The van der Waals surface area contributed by atoms with Crippen LogP contribution >= 0.6 is 0 Å². The molecule has 0 bridgehead atoms.